The number of carbonyl (C=O) groups excluding carboxylic acids is 1. The number of phosphoric ester groups is 1. The third-order valence-electron chi connectivity index (χ3n) is 14.3. The highest BCUT2D eigenvalue weighted by Gasteiger charge is 2.41. The van der Waals surface area contributed by atoms with Gasteiger partial charge < -0.3 is 43.8 Å². The van der Waals surface area contributed by atoms with Crippen LogP contribution in [0.4, 0.5) is 0 Å². The predicted molar refractivity (Wildman–Crippen MR) is 289 cm³/mol. The van der Waals surface area contributed by atoms with Gasteiger partial charge in [0.25, 0.3) is 7.82 Å². The molecule has 1 fully saturated rings. The number of carbonyl (C=O) groups is 2. The van der Waals surface area contributed by atoms with Crippen molar-refractivity contribution in [2.45, 2.75) is 163 Å². The summed E-state index contributed by atoms with van der Waals surface area (Å²) in [6.07, 6.45) is 24.9. The van der Waals surface area contributed by atoms with Crippen LogP contribution in [0.5, 0.6) is 0 Å². The lowest BCUT2D eigenvalue weighted by Gasteiger charge is -2.27. The number of phosphoric acid groups is 1. The van der Waals surface area contributed by atoms with Crippen LogP contribution in [-0.4, -0.2) is 102 Å². The number of quaternary nitrogens is 1. The summed E-state index contributed by atoms with van der Waals surface area (Å²) >= 11 is 0. The minimum atomic E-state index is -4.48. The average Bonchev–Trinajstić information content (AvgIpc) is 4.09. The van der Waals surface area contributed by atoms with Crippen molar-refractivity contribution in [2.75, 3.05) is 47.5 Å². The minimum Gasteiger partial charge on any atom is -0.756 e. The second kappa shape index (κ2) is 27.7. The number of hydrogen-bond donors (Lipinski definition) is 4. The fourth-order valence-electron chi connectivity index (χ4n) is 9.90. The Hall–Kier alpha value is -4.76. The van der Waals surface area contributed by atoms with Crippen LogP contribution in [0.15, 0.2) is 119 Å². The highest BCUT2D eigenvalue weighted by molar-refractivity contribution is 7.45. The van der Waals surface area contributed by atoms with E-state index in [4.69, 9.17) is 24.2 Å². The van der Waals surface area contributed by atoms with E-state index in [1.807, 2.05) is 46.3 Å². The normalized spacial score (nSPS) is 20.5. The molecule has 5 heterocycles. The average molecular weight is 1030 g/mol. The maximum atomic E-state index is 11.8. The molecule has 0 radical (unpaired) electrons. The lowest BCUT2D eigenvalue weighted by Crippen LogP contribution is -2.37. The van der Waals surface area contributed by atoms with Gasteiger partial charge in [-0.05, 0) is 80.6 Å². The van der Waals surface area contributed by atoms with Crippen LogP contribution in [0.25, 0.3) is 0 Å². The number of aliphatic hydroxyl groups is 2. The van der Waals surface area contributed by atoms with Crippen LogP contribution in [0.3, 0.4) is 0 Å². The second-order valence-electron chi connectivity index (χ2n) is 21.1. The van der Waals surface area contributed by atoms with E-state index in [2.05, 4.69) is 57.1 Å². The molecule has 0 amide bonds. The smallest absolute Gasteiger partial charge is 0.305 e. The zero-order valence-corrected chi connectivity index (χ0v) is 46.1. The number of rotatable bonds is 28. The fourth-order valence-corrected chi connectivity index (χ4v) is 10.6. The highest BCUT2D eigenvalue weighted by atomic mass is 31.2. The standard InChI is InChI=1S/C33H34N4O3.C24H50NO7P/c1-7-19-15(3)23-12-25-17(5)21(9-10-30(39)40)32(36-25)22-11-29(38)31-18(6)26(37-33(22)31)14-28-20(8-2)16(4)24(35-28)13-27(19)34-23;1-5-6-7-8-9-10-11-12-13-14-15-16-17-18-24(27)30-21-23(26)22-32-33(28,29)31-20-19-25(2,3)4/h7,12-14,17,21,36,38H,1,8-11H2,2-6H3,(H,39,40);23,26H,5-22H2,1-4H3/t17-,21-;23-/m01/s1. The topological polar surface area (TPSA) is 212 Å². The van der Waals surface area contributed by atoms with Gasteiger partial charge in [-0.15, -0.1) is 0 Å². The first-order chi connectivity index (χ1) is 34.7. The predicted octanol–water partition coefficient (Wildman–Crippen LogP) is 11.3. The number of nitrogens with one attached hydrogen (secondary N) is 1. The van der Waals surface area contributed by atoms with Crippen molar-refractivity contribution in [3.05, 3.63) is 104 Å². The maximum absolute atomic E-state index is 11.8. The summed E-state index contributed by atoms with van der Waals surface area (Å²) in [6, 6.07) is 0. The number of carboxylic acids is 1. The molecule has 0 saturated carbocycles. The van der Waals surface area contributed by atoms with Crippen LogP contribution >= 0.6 is 7.82 Å². The number of aliphatic imine (C=N–C) groups is 3. The molecule has 402 valence electrons. The number of aliphatic hydroxyl groups excluding tert-OH is 2. The summed E-state index contributed by atoms with van der Waals surface area (Å²) in [5.41, 5.74) is 13.9. The zero-order valence-electron chi connectivity index (χ0n) is 45.2. The zero-order chi connectivity index (χ0) is 53.5. The molecule has 4 N–H and O–H groups in total. The lowest BCUT2D eigenvalue weighted by molar-refractivity contribution is -0.870. The van der Waals surface area contributed by atoms with E-state index in [9.17, 15) is 34.4 Å². The van der Waals surface area contributed by atoms with E-state index in [0.29, 0.717) is 36.0 Å². The van der Waals surface area contributed by atoms with Gasteiger partial charge in [0.2, 0.25) is 0 Å². The SMILES string of the molecule is C=CC1=C(C)C2=NC1=CC1=NC(=CC3=C(C)C4=C(O)CC(=C5NC(=C2)[C@@H](C)[C@@H]5CCC(=O)O)C4=N3)C(CC)=C1C.CCCCCCCCCCCCCCCC(=O)OC[C@@H](O)COP(=O)([O-])OCC[N+](C)(C)C. The molecule has 0 aromatic rings. The van der Waals surface area contributed by atoms with Crippen molar-refractivity contribution in [1.29, 1.82) is 0 Å². The third kappa shape index (κ3) is 16.9. The van der Waals surface area contributed by atoms with Gasteiger partial charge in [-0.2, -0.15) is 0 Å². The number of nitrogens with zero attached hydrogens (tertiary/aromatic N) is 4. The van der Waals surface area contributed by atoms with Crippen molar-refractivity contribution >= 4 is 36.9 Å². The Morgan fingerprint density at radius 2 is 1.48 bits per heavy atom. The maximum Gasteiger partial charge on any atom is 0.305 e. The van der Waals surface area contributed by atoms with Crippen LogP contribution in [-0.2, 0) is 27.9 Å². The van der Waals surface area contributed by atoms with Crippen molar-refractivity contribution in [2.24, 2.45) is 26.8 Å². The van der Waals surface area contributed by atoms with Gasteiger partial charge in [-0.1, -0.05) is 110 Å². The molecule has 73 heavy (non-hydrogen) atoms. The second-order valence-corrected chi connectivity index (χ2v) is 22.5. The molecule has 8 bridgehead atoms. The first-order valence-electron chi connectivity index (χ1n) is 26.7. The monoisotopic (exact) mass is 1030 g/mol. The van der Waals surface area contributed by atoms with Gasteiger partial charge in [0.15, 0.2) is 0 Å². The Kier molecular flexibility index (Phi) is 22.4. The van der Waals surface area contributed by atoms with E-state index in [1.165, 1.54) is 69.8 Å². The Labute approximate surface area is 435 Å². The molecule has 15 nitrogen and oxygen atoms in total. The summed E-state index contributed by atoms with van der Waals surface area (Å²) in [6.45, 7) is 16.4. The fraction of sp³-hybridized carbons (Fsp3) is 0.596. The van der Waals surface area contributed by atoms with Crippen LogP contribution in [0.1, 0.15) is 157 Å². The molecule has 1 unspecified atom stereocenters. The number of aliphatic carboxylic acids is 1. The van der Waals surface area contributed by atoms with Crippen molar-refractivity contribution in [3.8, 4) is 0 Å². The summed E-state index contributed by atoms with van der Waals surface area (Å²) in [4.78, 5) is 50.1. The Morgan fingerprint density at radius 3 is 2.08 bits per heavy atom. The lowest BCUT2D eigenvalue weighted by atomic mass is 9.86. The first-order valence-corrected chi connectivity index (χ1v) is 28.2. The van der Waals surface area contributed by atoms with Gasteiger partial charge in [0.1, 0.15) is 31.6 Å². The van der Waals surface area contributed by atoms with Crippen molar-refractivity contribution in [1.82, 2.24) is 5.32 Å². The van der Waals surface area contributed by atoms with E-state index in [1.54, 1.807) is 0 Å². The first kappa shape index (κ1) is 59.1. The number of hydrogen-bond acceptors (Lipinski definition) is 13. The van der Waals surface area contributed by atoms with Gasteiger partial charge in [-0.25, -0.2) is 15.0 Å². The number of esters is 1. The Balaban J connectivity index is 0.000000278. The van der Waals surface area contributed by atoms with Crippen LogP contribution < -0.4 is 10.2 Å². The number of ether oxygens (including phenoxy) is 1. The molecule has 6 aliphatic rings. The van der Waals surface area contributed by atoms with E-state index in [0.717, 1.165) is 105 Å². The number of likely N-dealkylation sites (N-methyl/N-ethyl adjacent to an activating group) is 1. The molecule has 1 aliphatic carbocycles. The Morgan fingerprint density at radius 1 is 0.863 bits per heavy atom. The molecular weight excluding hydrogens is 946 g/mol. The molecular formula is C57H84N5O10P. The summed E-state index contributed by atoms with van der Waals surface area (Å²) < 4.78 is 26.6. The number of carboxylic acid groups (broad SMARTS) is 1. The van der Waals surface area contributed by atoms with Gasteiger partial charge in [-0.3, -0.25) is 14.2 Å². The molecule has 1 saturated heterocycles. The number of fused-ring (bicyclic) bond motifs is 5. The largest absolute Gasteiger partial charge is 0.756 e. The van der Waals surface area contributed by atoms with Crippen molar-refractivity contribution in [3.63, 3.8) is 0 Å². The molecule has 0 aromatic heterocycles. The van der Waals surface area contributed by atoms with Crippen LogP contribution in [0, 0.1) is 11.8 Å². The van der Waals surface area contributed by atoms with Crippen molar-refractivity contribution < 1.29 is 52.6 Å². The number of allylic oxidation sites excluding steroid dienone is 12. The van der Waals surface area contributed by atoms with E-state index < -0.39 is 26.5 Å². The highest BCUT2D eigenvalue weighted by Crippen LogP contribution is 2.46. The third-order valence-corrected chi connectivity index (χ3v) is 15.3. The molecule has 4 atom stereocenters. The molecule has 16 heteroatoms. The van der Waals surface area contributed by atoms with Gasteiger partial charge in [0.05, 0.1) is 62.0 Å². The van der Waals surface area contributed by atoms with Gasteiger partial charge >= 0.3 is 11.9 Å². The Bertz CT molecular complexity index is 2470. The molecule has 0 spiro atoms. The molecule has 6 rings (SSSR count). The van der Waals surface area contributed by atoms with Crippen LogP contribution in [0.2, 0.25) is 0 Å². The van der Waals surface area contributed by atoms with E-state index in [-0.39, 0.29) is 37.4 Å². The van der Waals surface area contributed by atoms with E-state index >= 15 is 0 Å². The summed E-state index contributed by atoms with van der Waals surface area (Å²) in [5, 5.41) is 34.0. The summed E-state index contributed by atoms with van der Waals surface area (Å²) in [7, 11) is 1.25. The molecule has 5 aliphatic heterocycles. The molecule has 0 aromatic carbocycles. The quantitative estimate of drug-likeness (QED) is 0.0250. The summed E-state index contributed by atoms with van der Waals surface area (Å²) in [5.74, 6) is -0.917. The number of unbranched alkanes of at least 4 members (excludes halogenated alkanes) is 12. The van der Waals surface area contributed by atoms with Gasteiger partial charge in [0, 0.05) is 59.2 Å². The minimum absolute atomic E-state index is 0.00547.